The maximum atomic E-state index is 5.76. The summed E-state index contributed by atoms with van der Waals surface area (Å²) in [7, 11) is 0. The Morgan fingerprint density at radius 3 is 3.00 bits per heavy atom. The van der Waals surface area contributed by atoms with Crippen LogP contribution in [0.4, 0.5) is 5.82 Å². The van der Waals surface area contributed by atoms with Gasteiger partial charge in [0.1, 0.15) is 17.9 Å². The second-order valence-corrected chi connectivity index (χ2v) is 4.78. The molecule has 0 saturated carbocycles. The number of rotatable bonds is 2. The molecular weight excluding hydrogens is 234 g/mol. The van der Waals surface area contributed by atoms with Crippen molar-refractivity contribution < 1.29 is 9.47 Å². The first kappa shape index (κ1) is 11.4. The SMILES string of the molecule is CC1(C)OC[C@H](Cn2cnc3c(N)ncnc32)O1. The van der Waals surface area contributed by atoms with Gasteiger partial charge in [-0.15, -0.1) is 0 Å². The number of fused-ring (bicyclic) bond motifs is 1. The van der Waals surface area contributed by atoms with E-state index in [-0.39, 0.29) is 6.10 Å². The molecule has 3 heterocycles. The van der Waals surface area contributed by atoms with Gasteiger partial charge in [-0.05, 0) is 13.8 Å². The fourth-order valence-corrected chi connectivity index (χ4v) is 2.10. The lowest BCUT2D eigenvalue weighted by Gasteiger charge is -2.17. The van der Waals surface area contributed by atoms with Crippen molar-refractivity contribution in [2.24, 2.45) is 0 Å². The van der Waals surface area contributed by atoms with Crippen LogP contribution in [0.2, 0.25) is 0 Å². The maximum absolute atomic E-state index is 5.76. The van der Waals surface area contributed by atoms with E-state index in [1.54, 1.807) is 6.33 Å². The number of hydrogen-bond donors (Lipinski definition) is 1. The Kier molecular flexibility index (Phi) is 2.46. The number of nitrogen functional groups attached to an aromatic ring is 1. The summed E-state index contributed by atoms with van der Waals surface area (Å²) in [6, 6.07) is 0. The number of nitrogens with zero attached hydrogens (tertiary/aromatic N) is 4. The fourth-order valence-electron chi connectivity index (χ4n) is 2.10. The largest absolute Gasteiger partial charge is 0.382 e. The lowest BCUT2D eigenvalue weighted by atomic mass is 10.3. The predicted molar refractivity (Wildman–Crippen MR) is 64.6 cm³/mol. The van der Waals surface area contributed by atoms with E-state index in [1.807, 2.05) is 18.4 Å². The van der Waals surface area contributed by atoms with E-state index in [9.17, 15) is 0 Å². The lowest BCUT2D eigenvalue weighted by molar-refractivity contribution is -0.139. The Morgan fingerprint density at radius 1 is 1.44 bits per heavy atom. The van der Waals surface area contributed by atoms with E-state index in [0.717, 1.165) is 5.65 Å². The highest BCUT2D eigenvalue weighted by atomic mass is 16.7. The van der Waals surface area contributed by atoms with Gasteiger partial charge >= 0.3 is 0 Å². The molecule has 0 bridgehead atoms. The predicted octanol–water partition coefficient (Wildman–Crippen LogP) is 0.560. The minimum atomic E-state index is -0.519. The van der Waals surface area contributed by atoms with Gasteiger partial charge in [0.25, 0.3) is 0 Å². The molecule has 1 atom stereocenters. The highest BCUT2D eigenvalue weighted by Gasteiger charge is 2.33. The van der Waals surface area contributed by atoms with E-state index in [4.69, 9.17) is 15.2 Å². The van der Waals surface area contributed by atoms with E-state index in [1.165, 1.54) is 6.33 Å². The third-order valence-corrected chi connectivity index (χ3v) is 2.90. The first-order chi connectivity index (χ1) is 8.55. The van der Waals surface area contributed by atoms with Crippen molar-refractivity contribution in [2.45, 2.75) is 32.3 Å². The van der Waals surface area contributed by atoms with Gasteiger partial charge in [-0.1, -0.05) is 0 Å². The normalized spacial score (nSPS) is 22.7. The highest BCUT2D eigenvalue weighted by Crippen LogP contribution is 2.24. The molecule has 1 aliphatic rings. The molecule has 2 aromatic heterocycles. The van der Waals surface area contributed by atoms with E-state index < -0.39 is 5.79 Å². The summed E-state index contributed by atoms with van der Waals surface area (Å²) in [5, 5.41) is 0. The van der Waals surface area contributed by atoms with Crippen LogP contribution in [0.15, 0.2) is 12.7 Å². The average Bonchev–Trinajstić information content (AvgIpc) is 2.85. The van der Waals surface area contributed by atoms with E-state index >= 15 is 0 Å². The van der Waals surface area contributed by atoms with Gasteiger partial charge in [0, 0.05) is 0 Å². The molecule has 1 saturated heterocycles. The summed E-state index contributed by atoms with van der Waals surface area (Å²) in [4.78, 5) is 12.3. The smallest absolute Gasteiger partial charge is 0.165 e. The Morgan fingerprint density at radius 2 is 2.28 bits per heavy atom. The molecule has 1 fully saturated rings. The number of aromatic nitrogens is 4. The van der Waals surface area contributed by atoms with E-state index in [0.29, 0.717) is 24.5 Å². The van der Waals surface area contributed by atoms with Crippen LogP contribution in [0, 0.1) is 0 Å². The molecule has 7 nitrogen and oxygen atoms in total. The van der Waals surface area contributed by atoms with Gasteiger partial charge in [-0.25, -0.2) is 15.0 Å². The zero-order chi connectivity index (χ0) is 12.8. The summed E-state index contributed by atoms with van der Waals surface area (Å²) in [5.74, 6) is -0.127. The van der Waals surface area contributed by atoms with Crippen LogP contribution < -0.4 is 5.73 Å². The van der Waals surface area contributed by atoms with Crippen molar-refractivity contribution in [2.75, 3.05) is 12.3 Å². The van der Waals surface area contributed by atoms with Crippen LogP contribution in [-0.4, -0.2) is 38.0 Å². The molecule has 0 aromatic carbocycles. The van der Waals surface area contributed by atoms with Gasteiger partial charge in [0.15, 0.2) is 17.3 Å². The van der Waals surface area contributed by atoms with E-state index in [2.05, 4.69) is 15.0 Å². The molecular formula is C11H15N5O2. The Labute approximate surface area is 104 Å². The number of imidazole rings is 1. The summed E-state index contributed by atoms with van der Waals surface area (Å²) >= 11 is 0. The summed E-state index contributed by atoms with van der Waals surface area (Å²) < 4.78 is 13.2. The lowest BCUT2D eigenvalue weighted by Crippen LogP contribution is -2.24. The quantitative estimate of drug-likeness (QED) is 0.836. The summed E-state index contributed by atoms with van der Waals surface area (Å²) in [5.41, 5.74) is 7.08. The minimum Gasteiger partial charge on any atom is -0.382 e. The second kappa shape index (κ2) is 3.89. The van der Waals surface area contributed by atoms with Crippen molar-refractivity contribution >= 4 is 17.0 Å². The minimum absolute atomic E-state index is 0.00594. The van der Waals surface area contributed by atoms with Gasteiger partial charge in [-0.3, -0.25) is 0 Å². The molecule has 0 radical (unpaired) electrons. The summed E-state index contributed by atoms with van der Waals surface area (Å²) in [6.45, 7) is 5.00. The number of anilines is 1. The highest BCUT2D eigenvalue weighted by molar-refractivity contribution is 5.81. The van der Waals surface area contributed by atoms with Crippen molar-refractivity contribution in [3.8, 4) is 0 Å². The van der Waals surface area contributed by atoms with Gasteiger partial charge in [-0.2, -0.15) is 0 Å². The van der Waals surface area contributed by atoms with Crippen LogP contribution in [-0.2, 0) is 16.0 Å². The van der Waals surface area contributed by atoms with Gasteiger partial charge in [0.2, 0.25) is 0 Å². The molecule has 2 aromatic rings. The molecule has 18 heavy (non-hydrogen) atoms. The zero-order valence-corrected chi connectivity index (χ0v) is 10.3. The first-order valence-corrected chi connectivity index (χ1v) is 5.78. The Hall–Kier alpha value is -1.73. The van der Waals surface area contributed by atoms with Crippen LogP contribution >= 0.6 is 0 Å². The molecule has 2 N–H and O–H groups in total. The molecule has 0 unspecified atom stereocenters. The number of hydrogen-bond acceptors (Lipinski definition) is 6. The number of ether oxygens (including phenoxy) is 2. The molecule has 0 aliphatic carbocycles. The third kappa shape index (κ3) is 1.91. The molecule has 96 valence electrons. The standard InChI is InChI=1S/C11H15N5O2/c1-11(2)17-4-7(18-11)3-16-6-15-8-9(12)13-5-14-10(8)16/h5-7H,3-4H2,1-2H3,(H2,12,13,14)/t7-/m0/s1. The Balaban J connectivity index is 1.86. The maximum Gasteiger partial charge on any atom is 0.165 e. The van der Waals surface area contributed by atoms with Crippen LogP contribution in [0.1, 0.15) is 13.8 Å². The zero-order valence-electron chi connectivity index (χ0n) is 10.3. The van der Waals surface area contributed by atoms with Crippen molar-refractivity contribution in [1.82, 2.24) is 19.5 Å². The van der Waals surface area contributed by atoms with Crippen LogP contribution in [0.5, 0.6) is 0 Å². The van der Waals surface area contributed by atoms with Gasteiger partial charge < -0.3 is 19.8 Å². The van der Waals surface area contributed by atoms with Crippen LogP contribution in [0.3, 0.4) is 0 Å². The molecule has 1 aliphatic heterocycles. The monoisotopic (exact) mass is 249 g/mol. The van der Waals surface area contributed by atoms with Crippen molar-refractivity contribution in [1.29, 1.82) is 0 Å². The first-order valence-electron chi connectivity index (χ1n) is 5.78. The Bertz CT molecular complexity index is 580. The second-order valence-electron chi connectivity index (χ2n) is 4.78. The topological polar surface area (TPSA) is 88.1 Å². The third-order valence-electron chi connectivity index (χ3n) is 2.90. The van der Waals surface area contributed by atoms with Crippen molar-refractivity contribution in [3.63, 3.8) is 0 Å². The fraction of sp³-hybridized carbons (Fsp3) is 0.545. The molecule has 0 spiro atoms. The van der Waals surface area contributed by atoms with Gasteiger partial charge in [0.05, 0.1) is 19.5 Å². The molecule has 0 amide bonds. The molecule has 3 rings (SSSR count). The average molecular weight is 249 g/mol. The number of nitrogens with two attached hydrogens (primary N) is 1. The summed E-state index contributed by atoms with van der Waals surface area (Å²) in [6.07, 6.45) is 3.13. The molecule has 7 heteroatoms. The van der Waals surface area contributed by atoms with Crippen LogP contribution in [0.25, 0.3) is 11.2 Å². The van der Waals surface area contributed by atoms with Crippen molar-refractivity contribution in [3.05, 3.63) is 12.7 Å².